The molecule has 4 aromatic rings. The number of anilines is 2. The van der Waals surface area contributed by atoms with E-state index in [-0.39, 0.29) is 12.1 Å². The number of aliphatic hydroxyl groups is 1. The molecule has 0 unspecified atom stereocenters. The summed E-state index contributed by atoms with van der Waals surface area (Å²) in [6.45, 7) is 0.735. The van der Waals surface area contributed by atoms with Gasteiger partial charge in [-0.05, 0) is 29.3 Å². The lowest BCUT2D eigenvalue weighted by molar-refractivity contribution is 0.185. The highest BCUT2D eigenvalue weighted by Crippen LogP contribution is 2.35. The molecule has 0 amide bonds. The number of aliphatic hydroxyl groups excluding tert-OH is 1. The van der Waals surface area contributed by atoms with Crippen molar-refractivity contribution in [2.24, 2.45) is 0 Å². The van der Waals surface area contributed by atoms with Crippen LogP contribution in [-0.4, -0.2) is 26.2 Å². The number of hydrogen-bond acceptors (Lipinski definition) is 5. The molecule has 0 saturated carbocycles. The Morgan fingerprint density at radius 1 is 0.967 bits per heavy atom. The molecule has 2 aromatic carbocycles. The van der Waals surface area contributed by atoms with E-state index in [1.807, 2.05) is 71.6 Å². The van der Waals surface area contributed by atoms with Crippen molar-refractivity contribution >= 4 is 11.6 Å². The van der Waals surface area contributed by atoms with E-state index in [1.165, 1.54) is 0 Å². The zero-order valence-electron chi connectivity index (χ0n) is 16.2. The Kier molecular flexibility index (Phi) is 4.61. The minimum Gasteiger partial charge on any atom is -0.387 e. The number of benzene rings is 2. The third-order valence-electron chi connectivity index (χ3n) is 5.36. The number of β-amino-alcohol motifs (C(OH)–C–C–N with tert-alkyl or cyclic N) is 1. The number of rotatable bonds is 4. The van der Waals surface area contributed by atoms with Gasteiger partial charge in [-0.1, -0.05) is 48.5 Å². The fraction of sp³-hybridized carbons (Fsp3) is 0.125. The Labute approximate surface area is 173 Å². The van der Waals surface area contributed by atoms with Crippen LogP contribution in [-0.2, 0) is 6.54 Å². The maximum atomic E-state index is 13.0. The third-order valence-corrected chi connectivity index (χ3v) is 5.36. The fourth-order valence-corrected chi connectivity index (χ4v) is 3.84. The molecule has 1 atom stereocenters. The van der Waals surface area contributed by atoms with E-state index in [0.717, 1.165) is 22.4 Å². The number of nitrogens with zero attached hydrogens (tertiary/aromatic N) is 4. The summed E-state index contributed by atoms with van der Waals surface area (Å²) in [5, 5.41) is 10.9. The van der Waals surface area contributed by atoms with Crippen LogP contribution in [0.5, 0.6) is 0 Å². The molecule has 0 fully saturated rings. The summed E-state index contributed by atoms with van der Waals surface area (Å²) in [5.41, 5.74) is 4.08. The average Bonchev–Trinajstić information content (AvgIpc) is 2.80. The van der Waals surface area contributed by atoms with Crippen LogP contribution in [0.25, 0.3) is 11.3 Å². The first-order chi connectivity index (χ1) is 14.7. The smallest absolute Gasteiger partial charge is 0.255 e. The van der Waals surface area contributed by atoms with Crippen LogP contribution >= 0.6 is 0 Å². The Morgan fingerprint density at radius 2 is 1.70 bits per heavy atom. The van der Waals surface area contributed by atoms with E-state index < -0.39 is 6.10 Å². The van der Waals surface area contributed by atoms with Crippen LogP contribution in [0, 0.1) is 0 Å². The van der Waals surface area contributed by atoms with E-state index in [0.29, 0.717) is 18.2 Å². The monoisotopic (exact) mass is 396 g/mol. The highest BCUT2D eigenvalue weighted by Gasteiger charge is 2.27. The third kappa shape index (κ3) is 3.27. The van der Waals surface area contributed by atoms with Crippen molar-refractivity contribution in [3.8, 4) is 11.3 Å². The second-order valence-corrected chi connectivity index (χ2v) is 7.27. The first-order valence-corrected chi connectivity index (χ1v) is 9.81. The van der Waals surface area contributed by atoms with E-state index in [9.17, 15) is 9.90 Å². The fourth-order valence-electron chi connectivity index (χ4n) is 3.84. The number of hydrogen-bond donors (Lipinski definition) is 1. The van der Waals surface area contributed by atoms with Gasteiger partial charge in [0, 0.05) is 29.7 Å². The maximum Gasteiger partial charge on any atom is 0.255 e. The highest BCUT2D eigenvalue weighted by molar-refractivity contribution is 5.68. The Bertz CT molecular complexity index is 1240. The first kappa shape index (κ1) is 18.3. The summed E-state index contributed by atoms with van der Waals surface area (Å²) in [6.07, 6.45) is 2.63. The number of para-hydroxylation sites is 1. The minimum atomic E-state index is -0.729. The lowest BCUT2D eigenvalue weighted by Gasteiger charge is -2.34. The van der Waals surface area contributed by atoms with Crippen molar-refractivity contribution in [3.05, 3.63) is 107 Å². The van der Waals surface area contributed by atoms with Crippen LogP contribution in [0.15, 0.2) is 90.0 Å². The van der Waals surface area contributed by atoms with Crippen LogP contribution in [0.4, 0.5) is 11.6 Å². The second kappa shape index (κ2) is 7.57. The molecule has 2 aromatic heterocycles. The van der Waals surface area contributed by atoms with Crippen molar-refractivity contribution in [3.63, 3.8) is 0 Å². The molecule has 0 spiro atoms. The molecule has 1 aliphatic heterocycles. The summed E-state index contributed by atoms with van der Waals surface area (Å²) in [5.74, 6) is 0.531. The molecule has 1 N–H and O–H groups in total. The predicted molar refractivity (Wildman–Crippen MR) is 116 cm³/mol. The number of aromatic nitrogens is 3. The van der Waals surface area contributed by atoms with Crippen molar-refractivity contribution < 1.29 is 5.11 Å². The topological polar surface area (TPSA) is 71.2 Å². The minimum absolute atomic E-state index is 0.125. The predicted octanol–water partition coefficient (Wildman–Crippen LogP) is 3.54. The van der Waals surface area contributed by atoms with E-state index in [1.54, 1.807) is 23.0 Å². The molecule has 0 bridgehead atoms. The van der Waals surface area contributed by atoms with Gasteiger partial charge >= 0.3 is 0 Å². The summed E-state index contributed by atoms with van der Waals surface area (Å²) in [4.78, 5) is 23.8. The molecule has 0 saturated heterocycles. The van der Waals surface area contributed by atoms with Crippen LogP contribution in [0.3, 0.4) is 0 Å². The van der Waals surface area contributed by atoms with Gasteiger partial charge in [-0.15, -0.1) is 0 Å². The lowest BCUT2D eigenvalue weighted by atomic mass is 10.1. The quantitative estimate of drug-likeness (QED) is 0.571. The lowest BCUT2D eigenvalue weighted by Crippen LogP contribution is -2.37. The van der Waals surface area contributed by atoms with Gasteiger partial charge in [-0.3, -0.25) is 14.3 Å². The maximum absolute atomic E-state index is 13.0. The average molecular weight is 396 g/mol. The van der Waals surface area contributed by atoms with Gasteiger partial charge in [0.15, 0.2) is 0 Å². The molecule has 0 aliphatic carbocycles. The standard InChI is InChI=1S/C24H20N4O2/c29-22(18-6-2-1-3-7-18)16-27-21-9-5-4-8-19(21)15-28-23(30)14-20(26-24(27)28)17-10-12-25-13-11-17/h1-14,22,29H,15-16H2/t22-/m0/s1. The van der Waals surface area contributed by atoms with Gasteiger partial charge in [-0.25, -0.2) is 4.98 Å². The van der Waals surface area contributed by atoms with E-state index >= 15 is 0 Å². The first-order valence-electron chi connectivity index (χ1n) is 9.81. The number of fused-ring (bicyclic) bond motifs is 2. The van der Waals surface area contributed by atoms with Gasteiger partial charge in [0.05, 0.1) is 24.9 Å². The van der Waals surface area contributed by atoms with Gasteiger partial charge in [0.2, 0.25) is 5.95 Å². The van der Waals surface area contributed by atoms with Gasteiger partial charge in [0.1, 0.15) is 0 Å². The molecule has 3 heterocycles. The van der Waals surface area contributed by atoms with Crippen molar-refractivity contribution in [2.45, 2.75) is 12.6 Å². The van der Waals surface area contributed by atoms with Crippen LogP contribution in [0.1, 0.15) is 17.2 Å². The molecule has 0 radical (unpaired) electrons. The molecule has 1 aliphatic rings. The van der Waals surface area contributed by atoms with Gasteiger partial charge < -0.3 is 10.0 Å². The van der Waals surface area contributed by atoms with Crippen molar-refractivity contribution in [2.75, 3.05) is 11.4 Å². The van der Waals surface area contributed by atoms with Gasteiger partial charge in [-0.2, -0.15) is 0 Å². The van der Waals surface area contributed by atoms with Crippen molar-refractivity contribution in [1.29, 1.82) is 0 Å². The Balaban J connectivity index is 1.63. The second-order valence-electron chi connectivity index (χ2n) is 7.27. The van der Waals surface area contributed by atoms with E-state index in [2.05, 4.69) is 4.98 Å². The molecule has 6 heteroatoms. The molecule has 30 heavy (non-hydrogen) atoms. The van der Waals surface area contributed by atoms with Crippen molar-refractivity contribution in [1.82, 2.24) is 14.5 Å². The zero-order valence-corrected chi connectivity index (χ0v) is 16.2. The molecular formula is C24H20N4O2. The Morgan fingerprint density at radius 3 is 2.50 bits per heavy atom. The molecule has 148 valence electrons. The van der Waals surface area contributed by atoms with E-state index in [4.69, 9.17) is 4.98 Å². The normalized spacial score (nSPS) is 13.4. The summed E-state index contributed by atoms with van der Waals surface area (Å²) in [7, 11) is 0. The summed E-state index contributed by atoms with van der Waals surface area (Å²) < 4.78 is 1.66. The number of pyridine rings is 1. The van der Waals surface area contributed by atoms with Gasteiger partial charge in [0.25, 0.3) is 5.56 Å². The SMILES string of the molecule is O=c1cc(-c2ccncc2)nc2n1Cc1ccccc1N2C[C@H](O)c1ccccc1. The summed E-state index contributed by atoms with van der Waals surface area (Å²) >= 11 is 0. The highest BCUT2D eigenvalue weighted by atomic mass is 16.3. The Hall–Kier alpha value is -3.77. The van der Waals surface area contributed by atoms with Crippen LogP contribution < -0.4 is 10.5 Å². The zero-order chi connectivity index (χ0) is 20.5. The largest absolute Gasteiger partial charge is 0.387 e. The molecule has 6 nitrogen and oxygen atoms in total. The molecule has 5 rings (SSSR count). The molecular weight excluding hydrogens is 376 g/mol. The summed E-state index contributed by atoms with van der Waals surface area (Å²) in [6, 6.07) is 22.7. The van der Waals surface area contributed by atoms with Crippen LogP contribution in [0.2, 0.25) is 0 Å².